The Kier molecular flexibility index (Phi) is 6.47. The van der Waals surface area contributed by atoms with Crippen molar-refractivity contribution in [2.75, 3.05) is 32.7 Å². The number of carbonyl (C=O) groups excluding carboxylic acids is 2. The maximum atomic E-state index is 15.1. The van der Waals surface area contributed by atoms with Gasteiger partial charge in [-0.1, -0.05) is 6.07 Å². The Morgan fingerprint density at radius 3 is 2.58 bits per heavy atom. The Bertz CT molecular complexity index is 1040. The maximum Gasteiger partial charge on any atom is 0.265 e. The number of carbonyl (C=O) groups is 2. The van der Waals surface area contributed by atoms with E-state index in [9.17, 15) is 9.59 Å². The summed E-state index contributed by atoms with van der Waals surface area (Å²) in [4.78, 5) is 36.9. The second-order valence-corrected chi connectivity index (χ2v) is 10.5. The van der Waals surface area contributed by atoms with Crippen molar-refractivity contribution in [1.82, 2.24) is 19.7 Å². The fourth-order valence-corrected chi connectivity index (χ4v) is 6.27. The van der Waals surface area contributed by atoms with Gasteiger partial charge in [-0.3, -0.25) is 14.5 Å². The van der Waals surface area contributed by atoms with Crippen LogP contribution in [0.15, 0.2) is 24.4 Å². The third kappa shape index (κ3) is 4.55. The second-order valence-electron chi connectivity index (χ2n) is 9.50. The average molecular weight is 471 g/mol. The standard InChI is InChI=1S/C25H31FN4O2S/c1-17-6-4-12-29(17)16-19-7-5-13-30(19)24(31)20-9-8-18(14-21(20)26)23-27-15-22(33-23)25(32)28-10-2-3-11-28/h8-9,14-15,17,19H,2-7,10-13,16H2,1H3. The van der Waals surface area contributed by atoms with Crippen LogP contribution >= 0.6 is 11.3 Å². The van der Waals surface area contributed by atoms with Gasteiger partial charge in [0.2, 0.25) is 0 Å². The number of benzene rings is 1. The lowest BCUT2D eigenvalue weighted by molar-refractivity contribution is 0.0691. The van der Waals surface area contributed by atoms with Crippen molar-refractivity contribution in [1.29, 1.82) is 0 Å². The molecule has 3 aliphatic heterocycles. The summed E-state index contributed by atoms with van der Waals surface area (Å²) in [6, 6.07) is 5.40. The molecule has 3 aliphatic rings. The summed E-state index contributed by atoms with van der Waals surface area (Å²) in [5.41, 5.74) is 0.712. The van der Waals surface area contributed by atoms with Crippen LogP contribution in [0, 0.1) is 5.82 Å². The minimum absolute atomic E-state index is 0.00378. The third-order valence-corrected chi connectivity index (χ3v) is 8.36. The van der Waals surface area contributed by atoms with E-state index < -0.39 is 5.82 Å². The zero-order chi connectivity index (χ0) is 22.9. The lowest BCUT2D eigenvalue weighted by Gasteiger charge is -2.31. The number of thiazole rings is 1. The first kappa shape index (κ1) is 22.5. The normalized spacial score (nSPS) is 23.6. The lowest BCUT2D eigenvalue weighted by Crippen LogP contribution is -2.44. The molecule has 0 N–H and O–H groups in total. The molecule has 2 aromatic rings. The SMILES string of the molecule is CC1CCCN1CC1CCCN1C(=O)c1ccc(-c2ncc(C(=O)N3CCCC3)s2)cc1F. The Balaban J connectivity index is 1.29. The zero-order valence-corrected chi connectivity index (χ0v) is 20.0. The van der Waals surface area contributed by atoms with Crippen LogP contribution in [0.3, 0.4) is 0 Å². The highest BCUT2D eigenvalue weighted by atomic mass is 32.1. The Morgan fingerprint density at radius 1 is 1.06 bits per heavy atom. The molecule has 2 atom stereocenters. The number of rotatable bonds is 5. The molecule has 4 heterocycles. The molecule has 0 spiro atoms. The van der Waals surface area contributed by atoms with Gasteiger partial charge in [0.25, 0.3) is 11.8 Å². The molecule has 0 radical (unpaired) electrons. The molecular weight excluding hydrogens is 439 g/mol. The van der Waals surface area contributed by atoms with Crippen molar-refractivity contribution in [3.63, 3.8) is 0 Å². The van der Waals surface area contributed by atoms with Crippen molar-refractivity contribution < 1.29 is 14.0 Å². The third-order valence-electron chi connectivity index (χ3n) is 7.33. The Hall–Kier alpha value is -2.32. The van der Waals surface area contributed by atoms with Crippen molar-refractivity contribution >= 4 is 23.2 Å². The number of hydrogen-bond acceptors (Lipinski definition) is 5. The Labute approximate surface area is 198 Å². The number of nitrogens with zero attached hydrogens (tertiary/aromatic N) is 4. The largest absolute Gasteiger partial charge is 0.338 e. The summed E-state index contributed by atoms with van der Waals surface area (Å²) < 4.78 is 15.1. The van der Waals surface area contributed by atoms with Crippen molar-refractivity contribution in [2.45, 2.75) is 57.5 Å². The molecular formula is C25H31FN4O2S. The van der Waals surface area contributed by atoms with Crippen LogP contribution in [-0.4, -0.2) is 76.3 Å². The van der Waals surface area contributed by atoms with Crippen LogP contribution in [0.25, 0.3) is 10.6 Å². The van der Waals surface area contributed by atoms with E-state index in [2.05, 4.69) is 16.8 Å². The van der Waals surface area contributed by atoms with Crippen LogP contribution in [0.4, 0.5) is 4.39 Å². The quantitative estimate of drug-likeness (QED) is 0.655. The van der Waals surface area contributed by atoms with Gasteiger partial charge in [-0.2, -0.15) is 0 Å². The van der Waals surface area contributed by atoms with Gasteiger partial charge in [-0.05, 0) is 64.1 Å². The molecule has 0 aliphatic carbocycles. The highest BCUT2D eigenvalue weighted by Gasteiger charge is 2.34. The summed E-state index contributed by atoms with van der Waals surface area (Å²) in [6.45, 7) is 6.45. The van der Waals surface area contributed by atoms with E-state index in [1.54, 1.807) is 18.3 Å². The van der Waals surface area contributed by atoms with E-state index in [0.717, 1.165) is 51.9 Å². The van der Waals surface area contributed by atoms with Crippen molar-refractivity contribution in [2.24, 2.45) is 0 Å². The molecule has 3 fully saturated rings. The fourth-order valence-electron chi connectivity index (χ4n) is 5.39. The fraction of sp³-hybridized carbons (Fsp3) is 0.560. The molecule has 1 aromatic heterocycles. The predicted octanol–water partition coefficient (Wildman–Crippen LogP) is 4.27. The number of aromatic nitrogens is 1. The van der Waals surface area contributed by atoms with E-state index in [4.69, 9.17) is 0 Å². The van der Waals surface area contributed by atoms with Gasteiger partial charge in [0.15, 0.2) is 0 Å². The van der Waals surface area contributed by atoms with Gasteiger partial charge >= 0.3 is 0 Å². The van der Waals surface area contributed by atoms with Gasteiger partial charge in [0.1, 0.15) is 15.7 Å². The van der Waals surface area contributed by atoms with E-state index in [-0.39, 0.29) is 23.4 Å². The molecule has 5 rings (SSSR count). The van der Waals surface area contributed by atoms with Crippen LogP contribution in [0.2, 0.25) is 0 Å². The second kappa shape index (κ2) is 9.50. The number of likely N-dealkylation sites (tertiary alicyclic amines) is 3. The van der Waals surface area contributed by atoms with Crippen LogP contribution in [-0.2, 0) is 0 Å². The lowest BCUT2D eigenvalue weighted by atomic mass is 10.1. The molecule has 8 heteroatoms. The van der Waals surface area contributed by atoms with Gasteiger partial charge in [-0.15, -0.1) is 11.3 Å². The molecule has 1 aromatic carbocycles. The summed E-state index contributed by atoms with van der Waals surface area (Å²) >= 11 is 1.28. The monoisotopic (exact) mass is 470 g/mol. The first-order valence-electron chi connectivity index (χ1n) is 12.1. The van der Waals surface area contributed by atoms with Gasteiger partial charge in [-0.25, -0.2) is 9.37 Å². The van der Waals surface area contributed by atoms with E-state index >= 15 is 4.39 Å². The number of amides is 2. The van der Waals surface area contributed by atoms with Crippen LogP contribution in [0.1, 0.15) is 65.5 Å². The molecule has 3 saturated heterocycles. The van der Waals surface area contributed by atoms with Crippen LogP contribution < -0.4 is 0 Å². The molecule has 176 valence electrons. The summed E-state index contributed by atoms with van der Waals surface area (Å²) in [5, 5.41) is 0.595. The molecule has 33 heavy (non-hydrogen) atoms. The van der Waals surface area contributed by atoms with E-state index in [1.165, 1.54) is 30.2 Å². The van der Waals surface area contributed by atoms with Crippen molar-refractivity contribution in [3.8, 4) is 10.6 Å². The Morgan fingerprint density at radius 2 is 1.85 bits per heavy atom. The minimum atomic E-state index is -0.527. The highest BCUT2D eigenvalue weighted by molar-refractivity contribution is 7.16. The maximum absolute atomic E-state index is 15.1. The highest BCUT2D eigenvalue weighted by Crippen LogP contribution is 2.30. The molecule has 0 bridgehead atoms. The van der Waals surface area contributed by atoms with Crippen molar-refractivity contribution in [3.05, 3.63) is 40.7 Å². The molecule has 0 saturated carbocycles. The van der Waals surface area contributed by atoms with Gasteiger partial charge in [0.05, 0.1) is 11.8 Å². The topological polar surface area (TPSA) is 56.8 Å². The minimum Gasteiger partial charge on any atom is -0.338 e. The number of hydrogen-bond donors (Lipinski definition) is 0. The molecule has 2 unspecified atom stereocenters. The van der Waals surface area contributed by atoms with Crippen LogP contribution in [0.5, 0.6) is 0 Å². The van der Waals surface area contributed by atoms with E-state index in [0.29, 0.717) is 28.0 Å². The first-order valence-corrected chi connectivity index (χ1v) is 12.9. The molecule has 6 nitrogen and oxygen atoms in total. The predicted molar refractivity (Wildman–Crippen MR) is 127 cm³/mol. The zero-order valence-electron chi connectivity index (χ0n) is 19.1. The number of halogens is 1. The average Bonchev–Trinajstić information content (AvgIpc) is 3.61. The smallest absolute Gasteiger partial charge is 0.265 e. The summed E-state index contributed by atoms with van der Waals surface area (Å²) in [7, 11) is 0. The summed E-state index contributed by atoms with van der Waals surface area (Å²) in [5.74, 6) is -0.756. The summed E-state index contributed by atoms with van der Waals surface area (Å²) in [6.07, 6.45) is 8.00. The first-order chi connectivity index (χ1) is 16.0. The van der Waals surface area contributed by atoms with Gasteiger partial charge in [0, 0.05) is 43.8 Å². The van der Waals surface area contributed by atoms with E-state index in [1.807, 2.05) is 9.80 Å². The van der Waals surface area contributed by atoms with Gasteiger partial charge < -0.3 is 9.80 Å². The molecule has 2 amide bonds.